The Hall–Kier alpha value is -1.17. The molecular formula is C14H17ClO2. The molecule has 92 valence electrons. The van der Waals surface area contributed by atoms with Gasteiger partial charge in [-0.3, -0.25) is 0 Å². The zero-order valence-electron chi connectivity index (χ0n) is 10.3. The van der Waals surface area contributed by atoms with Crippen molar-refractivity contribution in [2.24, 2.45) is 0 Å². The third kappa shape index (κ3) is 5.12. The van der Waals surface area contributed by atoms with Crippen LogP contribution in [0.2, 0.25) is 0 Å². The van der Waals surface area contributed by atoms with Gasteiger partial charge in [0.15, 0.2) is 0 Å². The van der Waals surface area contributed by atoms with Crippen LogP contribution in [0.4, 0.5) is 0 Å². The molecule has 0 amide bonds. The van der Waals surface area contributed by atoms with Crippen LogP contribution in [0.25, 0.3) is 0 Å². The van der Waals surface area contributed by atoms with E-state index >= 15 is 0 Å². The first-order chi connectivity index (χ1) is 8.27. The molecule has 0 bridgehead atoms. The van der Waals surface area contributed by atoms with Crippen LogP contribution in [-0.4, -0.2) is 26.2 Å². The lowest BCUT2D eigenvalue weighted by atomic mass is 10.1. The van der Waals surface area contributed by atoms with E-state index in [1.165, 1.54) is 0 Å². The van der Waals surface area contributed by atoms with Crippen LogP contribution < -0.4 is 4.74 Å². The Balaban J connectivity index is 2.69. The van der Waals surface area contributed by atoms with Crippen LogP contribution in [0.1, 0.15) is 17.5 Å². The maximum absolute atomic E-state index is 5.67. The fraction of sp³-hybridized carbons (Fsp3) is 0.429. The van der Waals surface area contributed by atoms with Crippen molar-refractivity contribution in [2.75, 3.05) is 26.2 Å². The smallest absolute Gasteiger partial charge is 0.134 e. The molecule has 0 saturated carbocycles. The second-order valence-corrected chi connectivity index (χ2v) is 3.90. The van der Waals surface area contributed by atoms with Crippen molar-refractivity contribution >= 4 is 11.6 Å². The van der Waals surface area contributed by atoms with E-state index < -0.39 is 0 Å². The van der Waals surface area contributed by atoms with E-state index in [-0.39, 0.29) is 0 Å². The minimum atomic E-state index is 0.330. The lowest BCUT2D eigenvalue weighted by molar-refractivity contribution is 0.172. The van der Waals surface area contributed by atoms with Crippen molar-refractivity contribution in [3.8, 4) is 17.6 Å². The fourth-order valence-corrected chi connectivity index (χ4v) is 1.45. The summed E-state index contributed by atoms with van der Waals surface area (Å²) in [5.41, 5.74) is 2.05. The van der Waals surface area contributed by atoms with E-state index in [4.69, 9.17) is 21.1 Å². The monoisotopic (exact) mass is 252 g/mol. The van der Waals surface area contributed by atoms with Crippen molar-refractivity contribution < 1.29 is 9.47 Å². The quantitative estimate of drug-likeness (QED) is 0.456. The zero-order valence-corrected chi connectivity index (χ0v) is 11.0. The maximum Gasteiger partial charge on any atom is 0.134 e. The highest BCUT2D eigenvalue weighted by Gasteiger charge is 2.01. The van der Waals surface area contributed by atoms with Crippen LogP contribution >= 0.6 is 11.6 Å². The number of benzene rings is 1. The normalized spacial score (nSPS) is 9.59. The topological polar surface area (TPSA) is 18.5 Å². The second kappa shape index (κ2) is 8.00. The van der Waals surface area contributed by atoms with Gasteiger partial charge < -0.3 is 9.47 Å². The third-order valence-electron chi connectivity index (χ3n) is 2.18. The SMILES string of the molecule is COCCCOc1ccc(C)cc1C#CCCl. The van der Waals surface area contributed by atoms with E-state index in [0.717, 1.165) is 23.3 Å². The molecule has 0 heterocycles. The molecule has 0 aliphatic heterocycles. The average Bonchev–Trinajstić information content (AvgIpc) is 2.34. The predicted octanol–water partition coefficient (Wildman–Crippen LogP) is 3.00. The number of ether oxygens (including phenoxy) is 2. The van der Waals surface area contributed by atoms with Crippen LogP contribution in [0.15, 0.2) is 18.2 Å². The number of rotatable bonds is 5. The molecule has 0 N–H and O–H groups in total. The number of methoxy groups -OCH3 is 1. The predicted molar refractivity (Wildman–Crippen MR) is 70.8 cm³/mol. The summed E-state index contributed by atoms with van der Waals surface area (Å²) < 4.78 is 10.6. The molecule has 0 aliphatic rings. The Morgan fingerprint density at radius 1 is 1.29 bits per heavy atom. The number of halogens is 1. The second-order valence-electron chi connectivity index (χ2n) is 3.63. The molecule has 0 saturated heterocycles. The zero-order chi connectivity index (χ0) is 12.5. The highest BCUT2D eigenvalue weighted by Crippen LogP contribution is 2.19. The van der Waals surface area contributed by atoms with Crippen molar-refractivity contribution in [1.82, 2.24) is 0 Å². The molecule has 0 fully saturated rings. The summed E-state index contributed by atoms with van der Waals surface area (Å²) in [6, 6.07) is 5.96. The Morgan fingerprint density at radius 3 is 2.82 bits per heavy atom. The summed E-state index contributed by atoms with van der Waals surface area (Å²) in [5.74, 6) is 6.99. The van der Waals surface area contributed by atoms with Gasteiger partial charge in [0.25, 0.3) is 0 Å². The van der Waals surface area contributed by atoms with Crippen molar-refractivity contribution in [3.63, 3.8) is 0 Å². The summed E-state index contributed by atoms with van der Waals surface area (Å²) in [5, 5.41) is 0. The van der Waals surface area contributed by atoms with E-state index in [0.29, 0.717) is 19.1 Å². The molecule has 0 aliphatic carbocycles. The molecule has 1 aromatic carbocycles. The van der Waals surface area contributed by atoms with Gasteiger partial charge in [0, 0.05) is 20.1 Å². The molecule has 0 atom stereocenters. The third-order valence-corrected chi connectivity index (χ3v) is 2.31. The van der Waals surface area contributed by atoms with Crippen molar-refractivity contribution in [1.29, 1.82) is 0 Å². The van der Waals surface area contributed by atoms with Gasteiger partial charge in [-0.05, 0) is 24.6 Å². The van der Waals surface area contributed by atoms with Crippen LogP contribution in [-0.2, 0) is 4.74 Å². The summed E-state index contributed by atoms with van der Waals surface area (Å²) in [4.78, 5) is 0. The number of hydrogen-bond donors (Lipinski definition) is 0. The first-order valence-corrected chi connectivity index (χ1v) is 6.08. The van der Waals surface area contributed by atoms with Crippen molar-refractivity contribution in [2.45, 2.75) is 13.3 Å². The minimum absolute atomic E-state index is 0.330. The Labute approximate surface area is 108 Å². The van der Waals surface area contributed by atoms with E-state index in [2.05, 4.69) is 11.8 Å². The van der Waals surface area contributed by atoms with E-state index in [1.54, 1.807) is 7.11 Å². The highest BCUT2D eigenvalue weighted by molar-refractivity contribution is 6.19. The van der Waals surface area contributed by atoms with E-state index in [1.807, 2.05) is 25.1 Å². The molecule has 0 spiro atoms. The molecule has 0 unspecified atom stereocenters. The van der Waals surface area contributed by atoms with Gasteiger partial charge in [0.05, 0.1) is 18.1 Å². The molecule has 1 rings (SSSR count). The van der Waals surface area contributed by atoms with Gasteiger partial charge in [0.1, 0.15) is 5.75 Å². The van der Waals surface area contributed by atoms with Crippen LogP contribution in [0.3, 0.4) is 0 Å². The number of alkyl halides is 1. The lowest BCUT2D eigenvalue weighted by Crippen LogP contribution is -2.02. The Bertz CT molecular complexity index is 404. The van der Waals surface area contributed by atoms with Crippen molar-refractivity contribution in [3.05, 3.63) is 29.3 Å². The Kier molecular flexibility index (Phi) is 6.54. The van der Waals surface area contributed by atoms with Gasteiger partial charge in [-0.25, -0.2) is 0 Å². The van der Waals surface area contributed by atoms with Gasteiger partial charge in [-0.15, -0.1) is 11.6 Å². The van der Waals surface area contributed by atoms with Gasteiger partial charge in [-0.1, -0.05) is 17.9 Å². The molecule has 1 aromatic rings. The van der Waals surface area contributed by atoms with Gasteiger partial charge >= 0.3 is 0 Å². The minimum Gasteiger partial charge on any atom is -0.492 e. The lowest BCUT2D eigenvalue weighted by Gasteiger charge is -2.08. The number of hydrogen-bond acceptors (Lipinski definition) is 2. The number of aryl methyl sites for hydroxylation is 1. The summed E-state index contributed by atoms with van der Waals surface area (Å²) >= 11 is 5.56. The summed E-state index contributed by atoms with van der Waals surface area (Å²) in [6.45, 7) is 3.36. The molecule has 3 heteroatoms. The van der Waals surface area contributed by atoms with Gasteiger partial charge in [-0.2, -0.15) is 0 Å². The maximum atomic E-state index is 5.67. The van der Waals surface area contributed by atoms with E-state index in [9.17, 15) is 0 Å². The fourth-order valence-electron chi connectivity index (χ4n) is 1.38. The summed E-state index contributed by atoms with van der Waals surface area (Å²) in [6.07, 6.45) is 0.868. The highest BCUT2D eigenvalue weighted by atomic mass is 35.5. The summed E-state index contributed by atoms with van der Waals surface area (Å²) in [7, 11) is 1.68. The largest absolute Gasteiger partial charge is 0.492 e. The molecule has 2 nitrogen and oxygen atoms in total. The first kappa shape index (κ1) is 13.9. The first-order valence-electron chi connectivity index (χ1n) is 5.55. The Morgan fingerprint density at radius 2 is 2.12 bits per heavy atom. The molecular weight excluding hydrogens is 236 g/mol. The van der Waals surface area contributed by atoms with Crippen LogP contribution in [0, 0.1) is 18.8 Å². The molecule has 17 heavy (non-hydrogen) atoms. The van der Waals surface area contributed by atoms with Crippen LogP contribution in [0.5, 0.6) is 5.75 Å². The standard InChI is InChI=1S/C14H17ClO2/c1-12-6-7-14(17-10-4-9-16-2)13(11-12)5-3-8-15/h6-7,11H,4,8-10H2,1-2H3. The van der Waals surface area contributed by atoms with Gasteiger partial charge in [0.2, 0.25) is 0 Å². The average molecular weight is 253 g/mol. The molecule has 0 aromatic heterocycles. The molecule has 0 radical (unpaired) electrons.